The summed E-state index contributed by atoms with van der Waals surface area (Å²) in [7, 11) is 1.59. The zero-order valence-corrected chi connectivity index (χ0v) is 19.3. The lowest BCUT2D eigenvalue weighted by Gasteiger charge is -2.21. The van der Waals surface area contributed by atoms with E-state index in [9.17, 15) is 9.59 Å². The fraction of sp³-hybridized carbons (Fsp3) is 0.0667. The van der Waals surface area contributed by atoms with Crippen molar-refractivity contribution in [2.75, 3.05) is 7.11 Å². The maximum atomic E-state index is 13.6. The van der Waals surface area contributed by atoms with E-state index in [4.69, 9.17) is 4.74 Å². The predicted molar refractivity (Wildman–Crippen MR) is 138 cm³/mol. The molecule has 35 heavy (non-hydrogen) atoms. The number of amides is 2. The zero-order chi connectivity index (χ0) is 24.5. The normalized spacial score (nSPS) is 11.1. The van der Waals surface area contributed by atoms with E-state index in [0.717, 1.165) is 16.7 Å². The van der Waals surface area contributed by atoms with E-state index in [1.54, 1.807) is 49.6 Å². The maximum Gasteiger partial charge on any atom is 0.268 e. The molecule has 4 rings (SSSR count). The van der Waals surface area contributed by atoms with Gasteiger partial charge in [-0.2, -0.15) is 0 Å². The average Bonchev–Trinajstić information content (AvgIpc) is 2.93. The molecule has 2 N–H and O–H groups in total. The molecular weight excluding hydrogens is 436 g/mol. The van der Waals surface area contributed by atoms with Crippen LogP contribution in [0.1, 0.15) is 33.1 Å². The Morgan fingerprint density at radius 2 is 1.23 bits per heavy atom. The molecule has 0 saturated heterocycles. The highest BCUT2D eigenvalue weighted by molar-refractivity contribution is 6.05. The Labute approximate surface area is 205 Å². The first-order valence-electron chi connectivity index (χ1n) is 11.3. The van der Waals surface area contributed by atoms with Crippen molar-refractivity contribution in [3.05, 3.63) is 143 Å². The van der Waals surface area contributed by atoms with Crippen LogP contribution in [0.3, 0.4) is 0 Å². The van der Waals surface area contributed by atoms with Gasteiger partial charge in [0, 0.05) is 5.56 Å². The topological polar surface area (TPSA) is 67.4 Å². The molecule has 0 atom stereocenters. The molecule has 0 radical (unpaired) electrons. The minimum absolute atomic E-state index is 0.140. The van der Waals surface area contributed by atoms with Crippen molar-refractivity contribution < 1.29 is 14.3 Å². The molecular formula is C30H26N2O3. The number of ether oxygens (including phenoxy) is 1. The van der Waals surface area contributed by atoms with Crippen LogP contribution in [-0.4, -0.2) is 18.9 Å². The molecule has 0 saturated carbocycles. The molecule has 0 bridgehead atoms. The number of methoxy groups -OCH3 is 1. The smallest absolute Gasteiger partial charge is 0.268 e. The van der Waals surface area contributed by atoms with Crippen molar-refractivity contribution in [2.24, 2.45) is 0 Å². The first-order valence-corrected chi connectivity index (χ1v) is 11.3. The van der Waals surface area contributed by atoms with Crippen molar-refractivity contribution in [1.29, 1.82) is 0 Å². The van der Waals surface area contributed by atoms with Crippen molar-refractivity contribution >= 4 is 17.9 Å². The number of nitrogens with one attached hydrogen (secondary N) is 2. The van der Waals surface area contributed by atoms with Gasteiger partial charge in [0.05, 0.1) is 13.2 Å². The molecule has 5 nitrogen and oxygen atoms in total. The Bertz CT molecular complexity index is 1250. The van der Waals surface area contributed by atoms with Crippen molar-refractivity contribution in [2.45, 2.75) is 6.04 Å². The largest absolute Gasteiger partial charge is 0.497 e. The average molecular weight is 463 g/mol. The molecule has 0 fully saturated rings. The molecule has 4 aromatic carbocycles. The first kappa shape index (κ1) is 23.5. The van der Waals surface area contributed by atoms with Gasteiger partial charge in [0.15, 0.2) is 0 Å². The molecule has 0 aliphatic carbocycles. The summed E-state index contributed by atoms with van der Waals surface area (Å²) in [6, 6.07) is 35.1. The number of hydrogen-bond acceptors (Lipinski definition) is 3. The van der Waals surface area contributed by atoms with Crippen molar-refractivity contribution in [3.8, 4) is 5.75 Å². The lowest BCUT2D eigenvalue weighted by molar-refractivity contribution is -0.118. The van der Waals surface area contributed by atoms with E-state index in [1.807, 2.05) is 78.9 Å². The predicted octanol–water partition coefficient (Wildman–Crippen LogP) is 5.37. The van der Waals surface area contributed by atoms with Crippen molar-refractivity contribution in [1.82, 2.24) is 10.6 Å². The molecule has 0 aliphatic heterocycles. The number of benzene rings is 4. The molecule has 0 heterocycles. The number of hydrogen-bond donors (Lipinski definition) is 2. The summed E-state index contributed by atoms with van der Waals surface area (Å²) < 4.78 is 5.22. The maximum absolute atomic E-state index is 13.6. The summed E-state index contributed by atoms with van der Waals surface area (Å²) in [5, 5.41) is 5.90. The summed E-state index contributed by atoms with van der Waals surface area (Å²) >= 11 is 0. The van der Waals surface area contributed by atoms with E-state index in [0.29, 0.717) is 11.3 Å². The van der Waals surface area contributed by atoms with Crippen LogP contribution in [-0.2, 0) is 4.79 Å². The van der Waals surface area contributed by atoms with Gasteiger partial charge in [0.25, 0.3) is 11.8 Å². The Balaban J connectivity index is 1.67. The fourth-order valence-electron chi connectivity index (χ4n) is 3.67. The Hall–Kier alpha value is -4.64. The lowest BCUT2D eigenvalue weighted by atomic mass is 9.98. The molecule has 0 aliphatic rings. The van der Waals surface area contributed by atoms with Gasteiger partial charge in [-0.3, -0.25) is 9.59 Å². The summed E-state index contributed by atoms with van der Waals surface area (Å²) in [5.41, 5.74) is 3.22. The van der Waals surface area contributed by atoms with Gasteiger partial charge in [-0.1, -0.05) is 91.0 Å². The van der Waals surface area contributed by atoms with Gasteiger partial charge in [-0.25, -0.2) is 0 Å². The molecule has 2 amide bonds. The molecule has 0 spiro atoms. The molecule has 4 aromatic rings. The second kappa shape index (κ2) is 11.5. The van der Waals surface area contributed by atoms with E-state index in [2.05, 4.69) is 10.6 Å². The van der Waals surface area contributed by atoms with Crippen LogP contribution in [0.25, 0.3) is 6.08 Å². The third-order valence-electron chi connectivity index (χ3n) is 5.50. The SMILES string of the molecule is COc1ccc(/C=C(/NC(=O)c2ccccc2)C(=O)NC(c2ccccc2)c2ccccc2)cc1. The number of carbonyl (C=O) groups excluding carboxylic acids is 2. The second-order valence-electron chi connectivity index (χ2n) is 7.88. The van der Waals surface area contributed by atoms with Crippen LogP contribution < -0.4 is 15.4 Å². The molecule has 5 heteroatoms. The minimum atomic E-state index is -0.400. The van der Waals surface area contributed by atoms with Gasteiger partial charge < -0.3 is 15.4 Å². The van der Waals surface area contributed by atoms with Crippen LogP contribution in [0, 0.1) is 0 Å². The van der Waals surface area contributed by atoms with E-state index in [-0.39, 0.29) is 11.6 Å². The molecule has 174 valence electrons. The molecule has 0 unspecified atom stereocenters. The summed E-state index contributed by atoms with van der Waals surface area (Å²) in [6.07, 6.45) is 1.66. The standard InChI is InChI=1S/C30H26N2O3/c1-35-26-19-17-22(18-20-26)21-27(31-29(33)25-15-9-4-10-16-25)30(34)32-28(23-11-5-2-6-12-23)24-13-7-3-8-14-24/h2-21,28H,1H3,(H,31,33)(H,32,34)/b27-21+. The van der Waals surface area contributed by atoms with E-state index < -0.39 is 11.9 Å². The van der Waals surface area contributed by atoms with Crippen molar-refractivity contribution in [3.63, 3.8) is 0 Å². The minimum Gasteiger partial charge on any atom is -0.497 e. The highest BCUT2D eigenvalue weighted by Crippen LogP contribution is 2.22. The van der Waals surface area contributed by atoms with Crippen LogP contribution in [0.5, 0.6) is 5.75 Å². The van der Waals surface area contributed by atoms with Crippen LogP contribution >= 0.6 is 0 Å². The highest BCUT2D eigenvalue weighted by Gasteiger charge is 2.21. The van der Waals surface area contributed by atoms with Gasteiger partial charge in [0.2, 0.25) is 0 Å². The third kappa shape index (κ3) is 6.24. The highest BCUT2D eigenvalue weighted by atomic mass is 16.5. The quantitative estimate of drug-likeness (QED) is 0.346. The second-order valence-corrected chi connectivity index (χ2v) is 7.88. The molecule has 0 aromatic heterocycles. The zero-order valence-electron chi connectivity index (χ0n) is 19.3. The van der Waals surface area contributed by atoms with Gasteiger partial charge in [0.1, 0.15) is 11.4 Å². The Morgan fingerprint density at radius 1 is 0.714 bits per heavy atom. The first-order chi connectivity index (χ1) is 17.1. The third-order valence-corrected chi connectivity index (χ3v) is 5.50. The van der Waals surface area contributed by atoms with Crippen LogP contribution in [0.4, 0.5) is 0 Å². The van der Waals surface area contributed by atoms with E-state index in [1.165, 1.54) is 0 Å². The van der Waals surface area contributed by atoms with E-state index >= 15 is 0 Å². The van der Waals surface area contributed by atoms with Gasteiger partial charge in [-0.05, 0) is 47.0 Å². The van der Waals surface area contributed by atoms with Gasteiger partial charge >= 0.3 is 0 Å². The number of rotatable bonds is 8. The fourth-order valence-corrected chi connectivity index (χ4v) is 3.67. The Morgan fingerprint density at radius 3 is 1.74 bits per heavy atom. The Kier molecular flexibility index (Phi) is 7.71. The van der Waals surface area contributed by atoms with Crippen LogP contribution in [0.15, 0.2) is 121 Å². The number of carbonyl (C=O) groups is 2. The summed E-state index contributed by atoms with van der Waals surface area (Å²) in [5.74, 6) is -0.0611. The lowest BCUT2D eigenvalue weighted by Crippen LogP contribution is -2.37. The monoisotopic (exact) mass is 462 g/mol. The summed E-state index contributed by atoms with van der Waals surface area (Å²) in [4.78, 5) is 26.5. The van der Waals surface area contributed by atoms with Gasteiger partial charge in [-0.15, -0.1) is 0 Å². The van der Waals surface area contributed by atoms with Crippen LogP contribution in [0.2, 0.25) is 0 Å². The summed E-state index contributed by atoms with van der Waals surface area (Å²) in [6.45, 7) is 0.